The number of benzene rings is 1. The maximum absolute atomic E-state index is 12.4. The number of rotatable bonds is 0. The van der Waals surface area contributed by atoms with E-state index in [9.17, 15) is 15.0 Å². The van der Waals surface area contributed by atoms with Gasteiger partial charge in [-0.15, -0.1) is 0 Å². The second kappa shape index (κ2) is 8.06. The van der Waals surface area contributed by atoms with E-state index in [1.807, 2.05) is 6.92 Å². The molecular formula is C18H26O4. The van der Waals surface area contributed by atoms with Gasteiger partial charge in [0.1, 0.15) is 17.1 Å². The molecule has 0 amide bonds. The maximum atomic E-state index is 12.4. The highest BCUT2D eigenvalue weighted by Gasteiger charge is 2.21. The average molecular weight is 306 g/mol. The minimum atomic E-state index is -0.489. The van der Waals surface area contributed by atoms with Crippen molar-refractivity contribution < 1.29 is 19.7 Å². The Morgan fingerprint density at radius 2 is 1.64 bits per heavy atom. The molecule has 4 heteroatoms. The summed E-state index contributed by atoms with van der Waals surface area (Å²) < 4.78 is 5.46. The van der Waals surface area contributed by atoms with Crippen LogP contribution in [0, 0.1) is 0 Å². The smallest absolute Gasteiger partial charge is 0.342 e. The van der Waals surface area contributed by atoms with E-state index in [0.717, 1.165) is 25.7 Å². The van der Waals surface area contributed by atoms with Crippen molar-refractivity contribution in [1.29, 1.82) is 0 Å². The Kier molecular flexibility index (Phi) is 6.10. The van der Waals surface area contributed by atoms with Crippen LogP contribution in [-0.4, -0.2) is 22.3 Å². The first-order valence-corrected chi connectivity index (χ1v) is 8.34. The van der Waals surface area contributed by atoms with Gasteiger partial charge < -0.3 is 14.9 Å². The van der Waals surface area contributed by atoms with Crippen molar-refractivity contribution in [2.75, 3.05) is 0 Å². The molecule has 0 saturated carbocycles. The number of hydrogen-bond acceptors (Lipinski definition) is 4. The van der Waals surface area contributed by atoms with E-state index in [-0.39, 0.29) is 23.2 Å². The van der Waals surface area contributed by atoms with Crippen LogP contribution in [0.3, 0.4) is 0 Å². The summed E-state index contributed by atoms with van der Waals surface area (Å²) in [5.74, 6) is -0.699. The Bertz CT molecular complexity index is 510. The summed E-state index contributed by atoms with van der Waals surface area (Å²) in [4.78, 5) is 12.4. The monoisotopic (exact) mass is 306 g/mol. The molecule has 1 aliphatic heterocycles. The molecule has 1 aromatic carbocycles. The fourth-order valence-corrected chi connectivity index (χ4v) is 3.03. The molecule has 0 unspecified atom stereocenters. The Morgan fingerprint density at radius 1 is 1.00 bits per heavy atom. The third-order valence-corrected chi connectivity index (χ3v) is 4.25. The fraction of sp³-hybridized carbons (Fsp3) is 0.611. The molecule has 4 nitrogen and oxygen atoms in total. The van der Waals surface area contributed by atoms with Gasteiger partial charge in [-0.3, -0.25) is 0 Å². The van der Waals surface area contributed by atoms with E-state index in [1.54, 1.807) is 6.07 Å². The summed E-state index contributed by atoms with van der Waals surface area (Å²) in [6, 6.07) is 2.76. The standard InChI is InChI=1S/C18H26O4/c1-13-9-7-5-3-2-4-6-8-10-14-11-15(19)12-16(20)17(14)18(21)22-13/h11-13,19-20H,2-10H2,1H3/t13-/m1/s1. The first-order valence-electron chi connectivity index (χ1n) is 8.34. The lowest BCUT2D eigenvalue weighted by Crippen LogP contribution is -2.17. The van der Waals surface area contributed by atoms with Gasteiger partial charge in [-0.05, 0) is 44.2 Å². The number of hydrogen-bond donors (Lipinski definition) is 2. The van der Waals surface area contributed by atoms with Crippen LogP contribution >= 0.6 is 0 Å². The summed E-state index contributed by atoms with van der Waals surface area (Å²) in [6.45, 7) is 1.89. The number of ether oxygens (including phenoxy) is 1. The lowest BCUT2D eigenvalue weighted by atomic mass is 9.98. The van der Waals surface area contributed by atoms with E-state index in [2.05, 4.69) is 0 Å². The number of fused-ring (bicyclic) bond motifs is 1. The van der Waals surface area contributed by atoms with E-state index < -0.39 is 5.97 Å². The molecule has 1 heterocycles. The van der Waals surface area contributed by atoms with Gasteiger partial charge in [-0.25, -0.2) is 4.79 Å². The van der Waals surface area contributed by atoms with Crippen molar-refractivity contribution in [2.45, 2.75) is 70.8 Å². The summed E-state index contributed by atoms with van der Waals surface area (Å²) >= 11 is 0. The Hall–Kier alpha value is -1.71. The lowest BCUT2D eigenvalue weighted by Gasteiger charge is -2.17. The van der Waals surface area contributed by atoms with Gasteiger partial charge in [0, 0.05) is 6.07 Å². The van der Waals surface area contributed by atoms with Crippen LogP contribution in [-0.2, 0) is 11.2 Å². The van der Waals surface area contributed by atoms with E-state index in [1.165, 1.54) is 31.7 Å². The van der Waals surface area contributed by atoms with Crippen LogP contribution in [0.15, 0.2) is 12.1 Å². The highest BCUT2D eigenvalue weighted by Crippen LogP contribution is 2.30. The van der Waals surface area contributed by atoms with Gasteiger partial charge in [-0.1, -0.05) is 32.1 Å². The summed E-state index contributed by atoms with van der Waals surface area (Å²) in [5.41, 5.74) is 0.883. The normalized spacial score (nSPS) is 21.5. The van der Waals surface area contributed by atoms with Crippen molar-refractivity contribution in [3.05, 3.63) is 23.3 Å². The fourth-order valence-electron chi connectivity index (χ4n) is 3.03. The number of aryl methyl sites for hydroxylation is 1. The molecule has 0 bridgehead atoms. The molecule has 2 N–H and O–H groups in total. The van der Waals surface area contributed by atoms with Crippen LogP contribution < -0.4 is 0 Å². The van der Waals surface area contributed by atoms with Gasteiger partial charge in [0.15, 0.2) is 0 Å². The highest BCUT2D eigenvalue weighted by atomic mass is 16.5. The largest absolute Gasteiger partial charge is 0.508 e. The molecule has 0 radical (unpaired) electrons. The number of carbonyl (C=O) groups excluding carboxylic acids is 1. The number of cyclic esters (lactones) is 1. The quantitative estimate of drug-likeness (QED) is 0.700. The summed E-state index contributed by atoms with van der Waals surface area (Å²) in [7, 11) is 0. The third-order valence-electron chi connectivity index (χ3n) is 4.25. The molecular weight excluding hydrogens is 280 g/mol. The third kappa shape index (κ3) is 4.65. The predicted molar refractivity (Wildman–Crippen MR) is 85.3 cm³/mol. The van der Waals surface area contributed by atoms with Gasteiger partial charge in [0.2, 0.25) is 0 Å². The van der Waals surface area contributed by atoms with Crippen LogP contribution in [0.25, 0.3) is 0 Å². The lowest BCUT2D eigenvalue weighted by molar-refractivity contribution is 0.0314. The SMILES string of the molecule is C[C@@H]1CCCCCCCCCc2cc(O)cc(O)c2C(=O)O1. The molecule has 0 saturated heterocycles. The van der Waals surface area contributed by atoms with E-state index in [4.69, 9.17) is 4.74 Å². The maximum Gasteiger partial charge on any atom is 0.342 e. The van der Waals surface area contributed by atoms with Crippen LogP contribution in [0.2, 0.25) is 0 Å². The molecule has 1 aliphatic rings. The zero-order valence-electron chi connectivity index (χ0n) is 13.3. The number of phenolic OH excluding ortho intramolecular Hbond substituents is 2. The minimum Gasteiger partial charge on any atom is -0.508 e. The van der Waals surface area contributed by atoms with Gasteiger partial charge in [0.05, 0.1) is 6.10 Å². The summed E-state index contributed by atoms with van der Waals surface area (Å²) in [5, 5.41) is 19.7. The molecule has 122 valence electrons. The molecule has 0 fully saturated rings. The van der Waals surface area contributed by atoms with E-state index >= 15 is 0 Å². The minimum absolute atomic E-state index is 0.0155. The molecule has 0 spiro atoms. The van der Waals surface area contributed by atoms with Crippen molar-refractivity contribution in [1.82, 2.24) is 0 Å². The zero-order chi connectivity index (χ0) is 15.9. The zero-order valence-corrected chi connectivity index (χ0v) is 13.3. The first-order chi connectivity index (χ1) is 10.6. The van der Waals surface area contributed by atoms with Crippen LogP contribution in [0.5, 0.6) is 11.5 Å². The van der Waals surface area contributed by atoms with Crippen molar-refractivity contribution in [2.24, 2.45) is 0 Å². The van der Waals surface area contributed by atoms with Gasteiger partial charge in [0.25, 0.3) is 0 Å². The topological polar surface area (TPSA) is 66.8 Å². The van der Waals surface area contributed by atoms with Crippen molar-refractivity contribution in [3.8, 4) is 11.5 Å². The van der Waals surface area contributed by atoms with Gasteiger partial charge >= 0.3 is 5.97 Å². The van der Waals surface area contributed by atoms with Crippen molar-refractivity contribution in [3.63, 3.8) is 0 Å². The second-order valence-corrected chi connectivity index (χ2v) is 6.23. The molecule has 2 rings (SSSR count). The van der Waals surface area contributed by atoms with Crippen molar-refractivity contribution >= 4 is 5.97 Å². The molecule has 0 aliphatic carbocycles. The number of carbonyl (C=O) groups is 1. The van der Waals surface area contributed by atoms with Crippen LogP contribution in [0.1, 0.15) is 74.2 Å². The number of esters is 1. The van der Waals surface area contributed by atoms with Gasteiger partial charge in [-0.2, -0.15) is 0 Å². The Balaban J connectivity index is 2.22. The number of phenols is 2. The highest BCUT2D eigenvalue weighted by molar-refractivity contribution is 5.94. The number of aromatic hydroxyl groups is 2. The predicted octanol–water partition coefficient (Wildman–Crippen LogP) is 4.32. The second-order valence-electron chi connectivity index (χ2n) is 6.23. The summed E-state index contributed by atoms with van der Waals surface area (Å²) in [6.07, 6.45) is 9.31. The average Bonchev–Trinajstić information content (AvgIpc) is 2.43. The molecule has 1 aromatic rings. The molecule has 22 heavy (non-hydrogen) atoms. The first kappa shape index (κ1) is 16.7. The molecule has 0 aromatic heterocycles. The molecule has 1 atom stereocenters. The Labute approximate surface area is 132 Å². The van der Waals surface area contributed by atoms with E-state index in [0.29, 0.717) is 12.0 Å². The Morgan fingerprint density at radius 3 is 2.36 bits per heavy atom. The van der Waals surface area contributed by atoms with Crippen LogP contribution in [0.4, 0.5) is 0 Å².